The number of hydrogen-bond acceptors (Lipinski definition) is 6. The first-order valence-electron chi connectivity index (χ1n) is 8.15. The summed E-state index contributed by atoms with van der Waals surface area (Å²) in [6, 6.07) is 5.26. The Hall–Kier alpha value is -1.99. The van der Waals surface area contributed by atoms with E-state index in [0.29, 0.717) is 11.8 Å². The molecule has 0 aliphatic carbocycles. The highest BCUT2D eigenvalue weighted by atomic mass is 19.1. The number of hydrogen-bond donors (Lipinski definition) is 0. The number of aryl methyl sites for hydroxylation is 1. The summed E-state index contributed by atoms with van der Waals surface area (Å²) in [4.78, 5) is 4.65. The van der Waals surface area contributed by atoms with Gasteiger partial charge in [-0.3, -0.25) is 9.80 Å². The third kappa shape index (κ3) is 3.73. The maximum atomic E-state index is 13.8. The number of halogens is 1. The van der Waals surface area contributed by atoms with Crippen molar-refractivity contribution in [3.63, 3.8) is 0 Å². The fourth-order valence-electron chi connectivity index (χ4n) is 3.01. The van der Waals surface area contributed by atoms with Crippen molar-refractivity contribution in [3.8, 4) is 5.75 Å². The first-order valence-corrected chi connectivity index (χ1v) is 8.15. The average molecular weight is 334 g/mol. The Morgan fingerprint density at radius 3 is 2.58 bits per heavy atom. The van der Waals surface area contributed by atoms with Crippen LogP contribution < -0.4 is 4.74 Å². The van der Waals surface area contributed by atoms with E-state index >= 15 is 0 Å². The van der Waals surface area contributed by atoms with E-state index in [-0.39, 0.29) is 17.6 Å². The normalized spacial score (nSPS) is 17.8. The number of methoxy groups -OCH3 is 1. The molecular formula is C17H23FN4O2. The summed E-state index contributed by atoms with van der Waals surface area (Å²) in [6.45, 7) is 8.30. The molecule has 1 saturated heterocycles. The molecule has 1 fully saturated rings. The molecule has 1 atom stereocenters. The number of piperazine rings is 1. The molecule has 0 bridgehead atoms. The van der Waals surface area contributed by atoms with Crippen molar-refractivity contribution in [2.45, 2.75) is 26.4 Å². The van der Waals surface area contributed by atoms with Gasteiger partial charge in [-0.05, 0) is 24.6 Å². The highest BCUT2D eigenvalue weighted by Crippen LogP contribution is 2.22. The van der Waals surface area contributed by atoms with Crippen molar-refractivity contribution in [2.75, 3.05) is 33.3 Å². The number of rotatable bonds is 5. The summed E-state index contributed by atoms with van der Waals surface area (Å²) in [5, 5.41) is 8.00. The van der Waals surface area contributed by atoms with E-state index in [4.69, 9.17) is 9.15 Å². The van der Waals surface area contributed by atoms with Crippen LogP contribution in [-0.2, 0) is 6.54 Å². The van der Waals surface area contributed by atoms with Crippen LogP contribution in [0.15, 0.2) is 22.6 Å². The van der Waals surface area contributed by atoms with E-state index in [1.54, 1.807) is 19.1 Å². The fraction of sp³-hybridized carbons (Fsp3) is 0.529. The Balaban J connectivity index is 1.54. The van der Waals surface area contributed by atoms with Gasteiger partial charge in [-0.15, -0.1) is 10.2 Å². The molecule has 24 heavy (non-hydrogen) atoms. The zero-order valence-corrected chi connectivity index (χ0v) is 14.3. The maximum Gasteiger partial charge on any atom is 0.233 e. The molecule has 3 rings (SSSR count). The molecule has 1 aromatic carbocycles. The lowest BCUT2D eigenvalue weighted by Crippen LogP contribution is -2.46. The molecule has 6 nitrogen and oxygen atoms in total. The lowest BCUT2D eigenvalue weighted by molar-refractivity contribution is 0.0869. The third-order valence-corrected chi connectivity index (χ3v) is 4.48. The van der Waals surface area contributed by atoms with E-state index in [2.05, 4.69) is 26.9 Å². The van der Waals surface area contributed by atoms with E-state index < -0.39 is 0 Å². The molecule has 0 radical (unpaired) electrons. The second-order valence-electron chi connectivity index (χ2n) is 6.12. The third-order valence-electron chi connectivity index (χ3n) is 4.48. The van der Waals surface area contributed by atoms with Gasteiger partial charge in [0.15, 0.2) is 11.6 Å². The summed E-state index contributed by atoms with van der Waals surface area (Å²) in [5.74, 6) is 1.23. The van der Waals surface area contributed by atoms with Gasteiger partial charge in [0.05, 0.1) is 13.2 Å². The van der Waals surface area contributed by atoms with Gasteiger partial charge in [-0.1, -0.05) is 6.07 Å². The Morgan fingerprint density at radius 1 is 1.25 bits per heavy atom. The predicted molar refractivity (Wildman–Crippen MR) is 87.3 cm³/mol. The second kappa shape index (κ2) is 7.27. The SMILES string of the molecule is COc1ccc(CN2CCN(C(C)c3nnc(C)o3)CC2)cc1F. The van der Waals surface area contributed by atoms with Gasteiger partial charge in [0.25, 0.3) is 0 Å². The summed E-state index contributed by atoms with van der Waals surface area (Å²) in [6.07, 6.45) is 0. The molecular weight excluding hydrogens is 311 g/mol. The topological polar surface area (TPSA) is 54.6 Å². The van der Waals surface area contributed by atoms with Gasteiger partial charge < -0.3 is 9.15 Å². The van der Waals surface area contributed by atoms with Crippen molar-refractivity contribution in [1.82, 2.24) is 20.0 Å². The predicted octanol–water partition coefficient (Wildman–Crippen LogP) is 2.40. The quantitative estimate of drug-likeness (QED) is 0.837. The number of aromatic nitrogens is 2. The molecule has 0 saturated carbocycles. The number of ether oxygens (including phenoxy) is 1. The molecule has 7 heteroatoms. The highest BCUT2D eigenvalue weighted by molar-refractivity contribution is 5.29. The molecule has 1 aliphatic heterocycles. The van der Waals surface area contributed by atoms with Gasteiger partial charge in [-0.2, -0.15) is 0 Å². The van der Waals surface area contributed by atoms with Crippen LogP contribution in [0.5, 0.6) is 5.75 Å². The molecule has 0 spiro atoms. The van der Waals surface area contributed by atoms with Crippen LogP contribution in [0.4, 0.5) is 4.39 Å². The summed E-state index contributed by atoms with van der Waals surface area (Å²) >= 11 is 0. The summed E-state index contributed by atoms with van der Waals surface area (Å²) in [5.41, 5.74) is 0.960. The van der Waals surface area contributed by atoms with E-state index in [1.807, 2.05) is 6.07 Å². The van der Waals surface area contributed by atoms with Crippen molar-refractivity contribution >= 4 is 0 Å². The molecule has 130 valence electrons. The standard InChI is InChI=1S/C17H23FN4O2/c1-12(17-20-19-13(2)24-17)22-8-6-21(7-9-22)11-14-4-5-16(23-3)15(18)10-14/h4-5,10,12H,6-9,11H2,1-3H3. The zero-order valence-electron chi connectivity index (χ0n) is 14.3. The lowest BCUT2D eigenvalue weighted by atomic mass is 10.1. The molecule has 2 heterocycles. The van der Waals surface area contributed by atoms with Crippen molar-refractivity contribution in [3.05, 3.63) is 41.4 Å². The Labute approximate surface area is 141 Å². The minimum absolute atomic E-state index is 0.117. The van der Waals surface area contributed by atoms with E-state index in [1.165, 1.54) is 7.11 Å². The van der Waals surface area contributed by atoms with Crippen LogP contribution in [-0.4, -0.2) is 53.3 Å². The molecule has 1 aliphatic rings. The largest absolute Gasteiger partial charge is 0.494 e. The number of benzene rings is 1. The molecule has 1 unspecified atom stereocenters. The van der Waals surface area contributed by atoms with Crippen LogP contribution in [0.2, 0.25) is 0 Å². The second-order valence-corrected chi connectivity index (χ2v) is 6.12. The van der Waals surface area contributed by atoms with Gasteiger partial charge >= 0.3 is 0 Å². The van der Waals surface area contributed by atoms with Crippen LogP contribution in [0.1, 0.15) is 30.3 Å². The maximum absolute atomic E-state index is 13.8. The van der Waals surface area contributed by atoms with Gasteiger partial charge in [-0.25, -0.2) is 4.39 Å². The smallest absolute Gasteiger partial charge is 0.233 e. The van der Waals surface area contributed by atoms with E-state index in [9.17, 15) is 4.39 Å². The summed E-state index contributed by atoms with van der Waals surface area (Å²) in [7, 11) is 1.48. The van der Waals surface area contributed by atoms with Crippen molar-refractivity contribution < 1.29 is 13.5 Å². The van der Waals surface area contributed by atoms with Crippen molar-refractivity contribution in [2.24, 2.45) is 0 Å². The van der Waals surface area contributed by atoms with Gasteiger partial charge in [0.1, 0.15) is 0 Å². The fourth-order valence-corrected chi connectivity index (χ4v) is 3.01. The van der Waals surface area contributed by atoms with Crippen molar-refractivity contribution in [1.29, 1.82) is 0 Å². The van der Waals surface area contributed by atoms with Crippen LogP contribution in [0, 0.1) is 12.7 Å². The minimum Gasteiger partial charge on any atom is -0.494 e. The van der Waals surface area contributed by atoms with E-state index in [0.717, 1.165) is 38.3 Å². The van der Waals surface area contributed by atoms with Gasteiger partial charge in [0.2, 0.25) is 11.8 Å². The van der Waals surface area contributed by atoms with Gasteiger partial charge in [0, 0.05) is 39.6 Å². The Bertz CT molecular complexity index is 683. The molecule has 1 aromatic heterocycles. The molecule has 2 aromatic rings. The Morgan fingerprint density at radius 2 is 2.00 bits per heavy atom. The number of nitrogens with zero attached hydrogens (tertiary/aromatic N) is 4. The Kier molecular flexibility index (Phi) is 5.11. The minimum atomic E-state index is -0.311. The zero-order chi connectivity index (χ0) is 17.1. The molecule has 0 amide bonds. The highest BCUT2D eigenvalue weighted by Gasteiger charge is 2.25. The monoisotopic (exact) mass is 334 g/mol. The first kappa shape index (κ1) is 16.9. The van der Waals surface area contributed by atoms with Crippen LogP contribution in [0.25, 0.3) is 0 Å². The average Bonchev–Trinajstić information content (AvgIpc) is 3.02. The first-order chi connectivity index (χ1) is 11.6. The van der Waals surface area contributed by atoms with Crippen LogP contribution in [0.3, 0.4) is 0 Å². The summed E-state index contributed by atoms with van der Waals surface area (Å²) < 4.78 is 24.3. The van der Waals surface area contributed by atoms with Crippen LogP contribution >= 0.6 is 0 Å². The molecule has 0 N–H and O–H groups in total. The lowest BCUT2D eigenvalue weighted by Gasteiger charge is -2.36.